The van der Waals surface area contributed by atoms with Crippen LogP contribution in [0.25, 0.3) is 0 Å². The Bertz CT molecular complexity index is 465. The number of anilines is 1. The highest BCUT2D eigenvalue weighted by atomic mass is 35.5. The Morgan fingerprint density at radius 1 is 1.41 bits per heavy atom. The van der Waals surface area contributed by atoms with E-state index in [4.69, 9.17) is 16.3 Å². The molecule has 1 N–H and O–H groups in total. The van der Waals surface area contributed by atoms with Gasteiger partial charge in [0, 0.05) is 5.03 Å². The predicted octanol–water partition coefficient (Wildman–Crippen LogP) is 2.35. The van der Waals surface area contributed by atoms with Crippen LogP contribution in [0.4, 0.5) is 5.69 Å². The molecule has 0 unspecified atom stereocenters. The number of nitrogens with one attached hydrogen (secondary N) is 1. The van der Waals surface area contributed by atoms with E-state index in [9.17, 15) is 9.59 Å². The number of para-hydroxylation sites is 2. The number of hydrogen-bond donors (Lipinski definition) is 1. The molecule has 4 nitrogen and oxygen atoms in total. The fourth-order valence-electron chi connectivity index (χ4n) is 1.23. The van der Waals surface area contributed by atoms with E-state index in [0.717, 1.165) is 0 Å². The zero-order valence-corrected chi connectivity index (χ0v) is 10.2. The van der Waals surface area contributed by atoms with Crippen LogP contribution in [0.2, 0.25) is 0 Å². The molecule has 0 aliphatic carbocycles. The summed E-state index contributed by atoms with van der Waals surface area (Å²) in [4.78, 5) is 22.4. The molecule has 0 radical (unpaired) electrons. The lowest BCUT2D eigenvalue weighted by Crippen LogP contribution is -2.16. The van der Waals surface area contributed by atoms with E-state index in [2.05, 4.69) is 5.32 Å². The van der Waals surface area contributed by atoms with E-state index >= 15 is 0 Å². The fourth-order valence-corrected chi connectivity index (χ4v) is 1.36. The summed E-state index contributed by atoms with van der Waals surface area (Å²) in [6, 6.07) is 6.89. The lowest BCUT2D eigenvalue weighted by molar-refractivity contribution is -0.115. The van der Waals surface area contributed by atoms with Crippen molar-refractivity contribution in [2.45, 2.75) is 6.92 Å². The second-order valence-electron chi connectivity index (χ2n) is 3.22. The summed E-state index contributed by atoms with van der Waals surface area (Å²) in [5, 5.41) is 2.70. The van der Waals surface area contributed by atoms with Crippen LogP contribution in [0.1, 0.15) is 6.92 Å². The number of amides is 1. The molecule has 5 heteroatoms. The largest absolute Gasteiger partial charge is 0.495 e. The Labute approximate surface area is 104 Å². The van der Waals surface area contributed by atoms with Crippen LogP contribution in [0.5, 0.6) is 5.75 Å². The van der Waals surface area contributed by atoms with Crippen molar-refractivity contribution in [1.82, 2.24) is 0 Å². The van der Waals surface area contributed by atoms with Crippen LogP contribution in [-0.2, 0) is 9.59 Å². The third-order valence-electron chi connectivity index (χ3n) is 2.09. The van der Waals surface area contributed by atoms with Gasteiger partial charge in [0.05, 0.1) is 18.4 Å². The van der Waals surface area contributed by atoms with Gasteiger partial charge in [-0.1, -0.05) is 23.7 Å². The number of methoxy groups -OCH3 is 1. The molecule has 17 heavy (non-hydrogen) atoms. The van der Waals surface area contributed by atoms with Gasteiger partial charge in [-0.05, 0) is 19.1 Å². The van der Waals surface area contributed by atoms with Gasteiger partial charge in [-0.2, -0.15) is 0 Å². The summed E-state index contributed by atoms with van der Waals surface area (Å²) in [5.74, 6) is -0.0460. The molecule has 1 aromatic carbocycles. The van der Waals surface area contributed by atoms with Gasteiger partial charge in [-0.3, -0.25) is 9.59 Å². The molecule has 1 rings (SSSR count). The molecule has 0 atom stereocenters. The molecule has 0 bridgehead atoms. The number of halogens is 1. The molecule has 1 amide bonds. The number of rotatable bonds is 4. The van der Waals surface area contributed by atoms with Crippen molar-refractivity contribution in [3.05, 3.63) is 34.9 Å². The van der Waals surface area contributed by atoms with Crippen molar-refractivity contribution < 1.29 is 14.3 Å². The lowest BCUT2D eigenvalue weighted by Gasteiger charge is -2.09. The SMILES string of the molecule is COc1ccccc1NC(=O)/C(C=O)=C(\C)Cl. The smallest absolute Gasteiger partial charge is 0.260 e. The summed E-state index contributed by atoms with van der Waals surface area (Å²) >= 11 is 5.63. The van der Waals surface area contributed by atoms with Crippen molar-refractivity contribution in [1.29, 1.82) is 0 Å². The van der Waals surface area contributed by atoms with Gasteiger partial charge in [-0.15, -0.1) is 0 Å². The van der Waals surface area contributed by atoms with Crippen LogP contribution in [0.15, 0.2) is 34.9 Å². The van der Waals surface area contributed by atoms with Crippen molar-refractivity contribution >= 4 is 29.5 Å². The van der Waals surface area contributed by atoms with Gasteiger partial charge in [0.2, 0.25) is 0 Å². The first-order valence-corrected chi connectivity index (χ1v) is 5.24. The van der Waals surface area contributed by atoms with Gasteiger partial charge in [0.15, 0.2) is 6.29 Å². The van der Waals surface area contributed by atoms with Crippen LogP contribution >= 0.6 is 11.6 Å². The maximum atomic E-state index is 11.7. The number of ether oxygens (including phenoxy) is 1. The van der Waals surface area contributed by atoms with Crippen LogP contribution in [0.3, 0.4) is 0 Å². The standard InChI is InChI=1S/C12H12ClNO3/c1-8(13)9(7-15)12(16)14-10-5-3-4-6-11(10)17-2/h3-7H,1-2H3,(H,14,16)/b9-8+. The monoisotopic (exact) mass is 253 g/mol. The molecular weight excluding hydrogens is 242 g/mol. The minimum Gasteiger partial charge on any atom is -0.495 e. The zero-order valence-electron chi connectivity index (χ0n) is 9.49. The van der Waals surface area contributed by atoms with Gasteiger partial charge in [0.25, 0.3) is 5.91 Å². The molecule has 0 saturated carbocycles. The quantitative estimate of drug-likeness (QED) is 0.388. The zero-order chi connectivity index (χ0) is 12.8. The summed E-state index contributed by atoms with van der Waals surface area (Å²) in [6.07, 6.45) is 0.424. The number of carbonyl (C=O) groups excluding carboxylic acids is 2. The average molecular weight is 254 g/mol. The highest BCUT2D eigenvalue weighted by Gasteiger charge is 2.13. The van der Waals surface area contributed by atoms with E-state index in [1.807, 2.05) is 0 Å². The number of benzene rings is 1. The Kier molecular flexibility index (Phi) is 4.72. The first kappa shape index (κ1) is 13.3. The van der Waals surface area contributed by atoms with E-state index in [1.165, 1.54) is 14.0 Å². The van der Waals surface area contributed by atoms with Crippen LogP contribution in [-0.4, -0.2) is 19.3 Å². The van der Waals surface area contributed by atoms with Crippen molar-refractivity contribution in [2.75, 3.05) is 12.4 Å². The van der Waals surface area contributed by atoms with Crippen molar-refractivity contribution in [3.8, 4) is 5.75 Å². The first-order chi connectivity index (χ1) is 8.10. The molecule has 0 saturated heterocycles. The second-order valence-corrected chi connectivity index (χ2v) is 3.79. The minimum absolute atomic E-state index is 0.0995. The maximum absolute atomic E-state index is 11.7. The molecule has 0 aliphatic heterocycles. The summed E-state index contributed by atoms with van der Waals surface area (Å²) in [5.41, 5.74) is 0.384. The molecule has 0 aromatic heterocycles. The van der Waals surface area contributed by atoms with Gasteiger partial charge < -0.3 is 10.1 Å². The summed E-state index contributed by atoms with van der Waals surface area (Å²) < 4.78 is 5.07. The average Bonchev–Trinajstić information content (AvgIpc) is 2.30. The van der Waals surface area contributed by atoms with Crippen LogP contribution in [0, 0.1) is 0 Å². The van der Waals surface area contributed by atoms with Crippen LogP contribution < -0.4 is 10.1 Å². The fraction of sp³-hybridized carbons (Fsp3) is 0.167. The summed E-state index contributed by atoms with van der Waals surface area (Å²) in [7, 11) is 1.49. The number of hydrogen-bond acceptors (Lipinski definition) is 3. The van der Waals surface area contributed by atoms with Gasteiger partial charge in [-0.25, -0.2) is 0 Å². The van der Waals surface area contributed by atoms with E-state index in [1.54, 1.807) is 24.3 Å². The first-order valence-electron chi connectivity index (χ1n) is 4.86. The number of allylic oxidation sites excluding steroid dienone is 1. The minimum atomic E-state index is -0.558. The van der Waals surface area contributed by atoms with Gasteiger partial charge in [0.1, 0.15) is 5.75 Å². The highest BCUT2D eigenvalue weighted by Crippen LogP contribution is 2.23. The molecule has 0 heterocycles. The second kappa shape index (κ2) is 6.06. The third kappa shape index (κ3) is 3.32. The van der Waals surface area contributed by atoms with E-state index in [0.29, 0.717) is 17.7 Å². The topological polar surface area (TPSA) is 55.4 Å². The molecule has 0 fully saturated rings. The molecule has 0 aliphatic rings. The molecule has 1 aromatic rings. The summed E-state index contributed by atoms with van der Waals surface area (Å²) in [6.45, 7) is 1.48. The maximum Gasteiger partial charge on any atom is 0.260 e. The van der Waals surface area contributed by atoms with Crippen molar-refractivity contribution in [2.24, 2.45) is 0 Å². The highest BCUT2D eigenvalue weighted by molar-refractivity contribution is 6.35. The molecule has 0 spiro atoms. The lowest BCUT2D eigenvalue weighted by atomic mass is 10.2. The van der Waals surface area contributed by atoms with E-state index < -0.39 is 5.91 Å². The van der Waals surface area contributed by atoms with E-state index in [-0.39, 0.29) is 10.6 Å². The Hall–Kier alpha value is -1.81. The number of carbonyl (C=O) groups is 2. The third-order valence-corrected chi connectivity index (χ3v) is 2.29. The van der Waals surface area contributed by atoms with Crippen molar-refractivity contribution in [3.63, 3.8) is 0 Å². The molecular formula is C12H12ClNO3. The Morgan fingerprint density at radius 3 is 2.59 bits per heavy atom. The Balaban J connectivity index is 2.96. The number of aldehydes is 1. The van der Waals surface area contributed by atoms with Gasteiger partial charge >= 0.3 is 0 Å². The molecule has 90 valence electrons. The Morgan fingerprint density at radius 2 is 2.06 bits per heavy atom. The predicted molar refractivity (Wildman–Crippen MR) is 66.2 cm³/mol. The normalized spacial score (nSPS) is 11.5.